The molecule has 2 saturated heterocycles. The molecule has 2 aliphatic heterocycles. The average Bonchev–Trinajstić information content (AvgIpc) is 2.74. The van der Waals surface area contributed by atoms with Crippen LogP contribution in [0.2, 0.25) is 0 Å². The maximum atomic E-state index is 12.5. The number of rotatable bonds is 5. The molecule has 2 unspecified atom stereocenters. The molecule has 4 rings (SSSR count). The van der Waals surface area contributed by atoms with Gasteiger partial charge in [0.25, 0.3) is 5.56 Å². The number of carbonyl (C=O) groups excluding carboxylic acids is 1. The van der Waals surface area contributed by atoms with Crippen LogP contribution in [0.1, 0.15) is 32.1 Å². The van der Waals surface area contributed by atoms with Crippen molar-refractivity contribution in [3.05, 3.63) is 53.1 Å². The summed E-state index contributed by atoms with van der Waals surface area (Å²) in [6, 6.07) is 10.3. The minimum atomic E-state index is -0.258. The summed E-state index contributed by atoms with van der Waals surface area (Å²) < 4.78 is 1.44. The Balaban J connectivity index is 1.38. The lowest BCUT2D eigenvalue weighted by atomic mass is 9.83. The Morgan fingerprint density at radius 1 is 1.11 bits per heavy atom. The van der Waals surface area contributed by atoms with E-state index in [4.69, 9.17) is 0 Å². The SMILES string of the molecule is O=C(Cn1cc(-c2ccccc2)ncc1=O)NCC1CCCN2CCCCC12. The molecule has 6 heteroatoms. The monoisotopic (exact) mass is 380 g/mol. The van der Waals surface area contributed by atoms with Crippen LogP contribution >= 0.6 is 0 Å². The van der Waals surface area contributed by atoms with Gasteiger partial charge in [-0.1, -0.05) is 36.8 Å². The largest absolute Gasteiger partial charge is 0.354 e. The molecule has 148 valence electrons. The fourth-order valence-corrected chi connectivity index (χ4v) is 4.60. The first-order chi connectivity index (χ1) is 13.7. The third kappa shape index (κ3) is 4.33. The lowest BCUT2D eigenvalue weighted by Gasteiger charge is -2.44. The quantitative estimate of drug-likeness (QED) is 0.864. The van der Waals surface area contributed by atoms with Gasteiger partial charge in [0.05, 0.1) is 11.9 Å². The van der Waals surface area contributed by atoms with Crippen LogP contribution in [0.15, 0.2) is 47.5 Å². The van der Waals surface area contributed by atoms with Crippen LogP contribution < -0.4 is 10.9 Å². The van der Waals surface area contributed by atoms with Gasteiger partial charge in [-0.05, 0) is 44.7 Å². The Bertz CT molecular complexity index is 862. The van der Waals surface area contributed by atoms with Gasteiger partial charge in [0.15, 0.2) is 0 Å². The zero-order valence-corrected chi connectivity index (χ0v) is 16.2. The first kappa shape index (κ1) is 18.9. The maximum absolute atomic E-state index is 12.5. The number of piperidine rings is 2. The minimum absolute atomic E-state index is 0.0300. The molecule has 0 bridgehead atoms. The van der Waals surface area contributed by atoms with E-state index in [0.29, 0.717) is 24.2 Å². The minimum Gasteiger partial charge on any atom is -0.354 e. The third-order valence-electron chi connectivity index (χ3n) is 6.05. The highest BCUT2D eigenvalue weighted by atomic mass is 16.2. The van der Waals surface area contributed by atoms with Crippen molar-refractivity contribution in [1.29, 1.82) is 0 Å². The van der Waals surface area contributed by atoms with E-state index in [1.807, 2.05) is 30.3 Å². The zero-order valence-electron chi connectivity index (χ0n) is 16.2. The molecule has 1 amide bonds. The van der Waals surface area contributed by atoms with Crippen LogP contribution in [-0.4, -0.2) is 46.0 Å². The Morgan fingerprint density at radius 3 is 2.79 bits per heavy atom. The lowest BCUT2D eigenvalue weighted by Crippen LogP contribution is -2.51. The van der Waals surface area contributed by atoms with E-state index in [0.717, 1.165) is 5.56 Å². The zero-order chi connectivity index (χ0) is 19.3. The van der Waals surface area contributed by atoms with E-state index in [-0.39, 0.29) is 18.0 Å². The molecule has 6 nitrogen and oxygen atoms in total. The molecule has 0 spiro atoms. The van der Waals surface area contributed by atoms with Crippen molar-refractivity contribution in [2.75, 3.05) is 19.6 Å². The number of hydrogen-bond donors (Lipinski definition) is 1. The van der Waals surface area contributed by atoms with Gasteiger partial charge in [0, 0.05) is 24.3 Å². The van der Waals surface area contributed by atoms with E-state index in [9.17, 15) is 9.59 Å². The summed E-state index contributed by atoms with van der Waals surface area (Å²) in [6.45, 7) is 3.13. The second kappa shape index (κ2) is 8.69. The molecule has 28 heavy (non-hydrogen) atoms. The van der Waals surface area contributed by atoms with Crippen molar-refractivity contribution in [3.8, 4) is 11.3 Å². The van der Waals surface area contributed by atoms with E-state index in [1.54, 1.807) is 6.20 Å². The number of nitrogens with zero attached hydrogens (tertiary/aromatic N) is 3. The fraction of sp³-hybridized carbons (Fsp3) is 0.500. The second-order valence-corrected chi connectivity index (χ2v) is 7.91. The summed E-state index contributed by atoms with van der Waals surface area (Å²) in [5.74, 6) is 0.410. The fourth-order valence-electron chi connectivity index (χ4n) is 4.60. The van der Waals surface area contributed by atoms with Crippen molar-refractivity contribution >= 4 is 5.91 Å². The Morgan fingerprint density at radius 2 is 1.93 bits per heavy atom. The standard InChI is InChI=1S/C22H28N4O2/c27-21(24-13-18-9-6-12-25-11-5-4-10-20(18)25)16-26-15-19(23-14-22(26)28)17-7-2-1-3-8-17/h1-3,7-8,14-15,18,20H,4-6,9-13,16H2,(H,24,27). The molecule has 0 radical (unpaired) electrons. The van der Waals surface area contributed by atoms with Gasteiger partial charge >= 0.3 is 0 Å². The molecule has 1 N–H and O–H groups in total. The summed E-state index contributed by atoms with van der Waals surface area (Å²) in [4.78, 5) is 31.5. The predicted octanol–water partition coefficient (Wildman–Crippen LogP) is 2.29. The first-order valence-electron chi connectivity index (χ1n) is 10.3. The number of benzene rings is 1. The number of fused-ring (bicyclic) bond motifs is 1. The molecule has 3 heterocycles. The topological polar surface area (TPSA) is 67.2 Å². The number of hydrogen-bond acceptors (Lipinski definition) is 4. The highest BCUT2D eigenvalue weighted by Crippen LogP contribution is 2.30. The van der Waals surface area contributed by atoms with Gasteiger partial charge < -0.3 is 14.8 Å². The molecule has 2 atom stereocenters. The average molecular weight is 380 g/mol. The number of aromatic nitrogens is 2. The van der Waals surface area contributed by atoms with Gasteiger partial charge in [-0.2, -0.15) is 0 Å². The molecule has 0 aliphatic carbocycles. The van der Waals surface area contributed by atoms with Crippen molar-refractivity contribution < 1.29 is 4.79 Å². The molecule has 1 aromatic heterocycles. The van der Waals surface area contributed by atoms with Crippen LogP contribution in [0, 0.1) is 5.92 Å². The van der Waals surface area contributed by atoms with Crippen LogP contribution in [0.4, 0.5) is 0 Å². The summed E-state index contributed by atoms with van der Waals surface area (Å²) >= 11 is 0. The summed E-state index contributed by atoms with van der Waals surface area (Å²) in [5, 5.41) is 3.07. The van der Waals surface area contributed by atoms with Crippen LogP contribution in [-0.2, 0) is 11.3 Å². The highest BCUT2D eigenvalue weighted by Gasteiger charge is 2.32. The van der Waals surface area contributed by atoms with Crippen LogP contribution in [0.5, 0.6) is 0 Å². The smallest absolute Gasteiger partial charge is 0.269 e. The summed E-state index contributed by atoms with van der Waals surface area (Å²) in [7, 11) is 0. The van der Waals surface area contributed by atoms with Gasteiger partial charge in [-0.3, -0.25) is 9.59 Å². The van der Waals surface area contributed by atoms with Crippen molar-refractivity contribution in [2.24, 2.45) is 5.92 Å². The molecule has 1 aromatic carbocycles. The highest BCUT2D eigenvalue weighted by molar-refractivity contribution is 5.75. The molecule has 0 saturated carbocycles. The van der Waals surface area contributed by atoms with Gasteiger partial charge in [0.1, 0.15) is 6.54 Å². The van der Waals surface area contributed by atoms with E-state index in [1.165, 1.54) is 56.0 Å². The Labute approximate surface area is 165 Å². The van der Waals surface area contributed by atoms with Gasteiger partial charge in [-0.15, -0.1) is 0 Å². The Hall–Kier alpha value is -2.47. The molecular weight excluding hydrogens is 352 g/mol. The van der Waals surface area contributed by atoms with Gasteiger partial charge in [-0.25, -0.2) is 4.98 Å². The normalized spacial score (nSPS) is 22.4. The summed E-state index contributed by atoms with van der Waals surface area (Å²) in [6.07, 6.45) is 9.17. The molecule has 2 aromatic rings. The van der Waals surface area contributed by atoms with Gasteiger partial charge in [0.2, 0.25) is 5.91 Å². The number of carbonyl (C=O) groups is 1. The van der Waals surface area contributed by atoms with Crippen molar-refractivity contribution in [1.82, 2.24) is 19.8 Å². The van der Waals surface area contributed by atoms with Crippen LogP contribution in [0.25, 0.3) is 11.3 Å². The molecule has 2 aliphatic rings. The Kier molecular flexibility index (Phi) is 5.86. The van der Waals surface area contributed by atoms with Crippen LogP contribution in [0.3, 0.4) is 0 Å². The number of nitrogens with one attached hydrogen (secondary N) is 1. The second-order valence-electron chi connectivity index (χ2n) is 7.91. The molecule has 2 fully saturated rings. The van der Waals surface area contributed by atoms with E-state index < -0.39 is 0 Å². The lowest BCUT2D eigenvalue weighted by molar-refractivity contribution is -0.122. The third-order valence-corrected chi connectivity index (χ3v) is 6.05. The maximum Gasteiger partial charge on any atom is 0.269 e. The summed E-state index contributed by atoms with van der Waals surface area (Å²) in [5.41, 5.74) is 1.36. The van der Waals surface area contributed by atoms with Crippen molar-refractivity contribution in [3.63, 3.8) is 0 Å². The van der Waals surface area contributed by atoms with E-state index in [2.05, 4.69) is 15.2 Å². The predicted molar refractivity (Wildman–Crippen MR) is 109 cm³/mol. The van der Waals surface area contributed by atoms with E-state index >= 15 is 0 Å². The number of amides is 1. The molecular formula is C22H28N4O2. The first-order valence-corrected chi connectivity index (χ1v) is 10.3. The van der Waals surface area contributed by atoms with Crippen molar-refractivity contribution in [2.45, 2.75) is 44.7 Å².